The number of halogens is 1. The fraction of sp³-hybridized carbons (Fsp3) is 0.250. The monoisotopic (exact) mass is 338 g/mol. The van der Waals surface area contributed by atoms with Gasteiger partial charge in [-0.1, -0.05) is 44.5 Å². The first kappa shape index (κ1) is 16.6. The second kappa shape index (κ2) is 5.82. The maximum Gasteiger partial charge on any atom is 0.261 e. The van der Waals surface area contributed by atoms with Crippen LogP contribution >= 0.6 is 11.6 Å². The Labute approximate surface area is 136 Å². The van der Waals surface area contributed by atoms with Gasteiger partial charge in [0, 0.05) is 5.02 Å². The van der Waals surface area contributed by atoms with Crippen molar-refractivity contribution in [2.75, 3.05) is 10.5 Å². The van der Waals surface area contributed by atoms with Crippen molar-refractivity contribution in [1.29, 1.82) is 0 Å². The van der Waals surface area contributed by atoms with Crippen LogP contribution in [-0.4, -0.2) is 8.42 Å². The molecular weight excluding hydrogens is 320 g/mol. The van der Waals surface area contributed by atoms with Crippen molar-refractivity contribution >= 4 is 33.0 Å². The Morgan fingerprint density at radius 1 is 1.05 bits per heavy atom. The van der Waals surface area contributed by atoms with Gasteiger partial charge in [0.2, 0.25) is 0 Å². The third kappa shape index (κ3) is 3.72. The molecule has 0 saturated carbocycles. The second-order valence-corrected chi connectivity index (χ2v) is 8.23. The Morgan fingerprint density at radius 3 is 2.14 bits per heavy atom. The van der Waals surface area contributed by atoms with Gasteiger partial charge in [0.05, 0.1) is 16.3 Å². The van der Waals surface area contributed by atoms with E-state index in [4.69, 9.17) is 17.3 Å². The van der Waals surface area contributed by atoms with Crippen molar-refractivity contribution in [1.82, 2.24) is 0 Å². The number of hydrogen-bond acceptors (Lipinski definition) is 3. The molecule has 0 amide bonds. The van der Waals surface area contributed by atoms with Gasteiger partial charge in [0.15, 0.2) is 0 Å². The van der Waals surface area contributed by atoms with Gasteiger partial charge in [-0.25, -0.2) is 8.42 Å². The summed E-state index contributed by atoms with van der Waals surface area (Å²) in [6.07, 6.45) is 0. The summed E-state index contributed by atoms with van der Waals surface area (Å²) in [6, 6.07) is 11.4. The van der Waals surface area contributed by atoms with Gasteiger partial charge in [-0.3, -0.25) is 4.72 Å². The van der Waals surface area contributed by atoms with E-state index in [1.54, 1.807) is 24.3 Å². The number of rotatable bonds is 3. The Hall–Kier alpha value is -1.72. The third-order valence-corrected chi connectivity index (χ3v) is 4.91. The molecule has 2 rings (SSSR count). The van der Waals surface area contributed by atoms with Crippen molar-refractivity contribution in [3.8, 4) is 0 Å². The average molecular weight is 339 g/mol. The largest absolute Gasteiger partial charge is 0.397 e. The van der Waals surface area contributed by atoms with Crippen LogP contribution in [0.2, 0.25) is 5.02 Å². The predicted molar refractivity (Wildman–Crippen MR) is 91.8 cm³/mol. The van der Waals surface area contributed by atoms with Gasteiger partial charge in [-0.15, -0.1) is 0 Å². The highest BCUT2D eigenvalue weighted by Gasteiger charge is 2.18. The van der Waals surface area contributed by atoms with Gasteiger partial charge in [-0.05, 0) is 41.3 Å². The quantitative estimate of drug-likeness (QED) is 0.830. The van der Waals surface area contributed by atoms with Gasteiger partial charge in [-0.2, -0.15) is 0 Å². The van der Waals surface area contributed by atoms with Gasteiger partial charge in [0.25, 0.3) is 10.0 Å². The van der Waals surface area contributed by atoms with Crippen LogP contribution in [-0.2, 0) is 15.4 Å². The van der Waals surface area contributed by atoms with E-state index in [1.807, 2.05) is 12.1 Å². The smallest absolute Gasteiger partial charge is 0.261 e. The molecule has 3 N–H and O–H groups in total. The summed E-state index contributed by atoms with van der Waals surface area (Å²) in [7, 11) is -3.68. The number of nitrogens with two attached hydrogens (primary N) is 1. The summed E-state index contributed by atoms with van der Waals surface area (Å²) in [5.74, 6) is 0. The number of nitrogen functional groups attached to an aromatic ring is 1. The van der Waals surface area contributed by atoms with Crippen LogP contribution in [0.15, 0.2) is 47.4 Å². The van der Waals surface area contributed by atoms with Crippen molar-refractivity contribution < 1.29 is 8.42 Å². The zero-order chi connectivity index (χ0) is 16.5. The topological polar surface area (TPSA) is 72.2 Å². The van der Waals surface area contributed by atoms with Crippen molar-refractivity contribution in [2.45, 2.75) is 31.1 Å². The lowest BCUT2D eigenvalue weighted by atomic mass is 9.87. The molecule has 0 atom stereocenters. The second-order valence-electron chi connectivity index (χ2n) is 6.11. The predicted octanol–water partition coefficient (Wildman–Crippen LogP) is 4.02. The molecule has 2 aromatic carbocycles. The molecule has 0 fully saturated rings. The van der Waals surface area contributed by atoms with E-state index >= 15 is 0 Å². The van der Waals surface area contributed by atoms with Crippen molar-refractivity contribution in [3.63, 3.8) is 0 Å². The molecule has 4 nitrogen and oxygen atoms in total. The highest BCUT2D eigenvalue weighted by Crippen LogP contribution is 2.27. The first-order valence-electron chi connectivity index (χ1n) is 6.78. The fourth-order valence-corrected chi connectivity index (χ4v) is 3.23. The lowest BCUT2D eigenvalue weighted by Gasteiger charge is -2.19. The molecular formula is C16H19ClN2O2S. The summed E-state index contributed by atoms with van der Waals surface area (Å²) in [6.45, 7) is 6.22. The van der Waals surface area contributed by atoms with Gasteiger partial charge >= 0.3 is 0 Å². The maximum atomic E-state index is 12.4. The molecule has 6 heteroatoms. The standard InChI is InChI=1S/C16H19ClN2O2S/c1-16(2,3)11-4-7-13(8-5-11)22(20,21)19-15-9-6-12(17)10-14(15)18/h4-10,19H,18H2,1-3H3. The molecule has 0 aromatic heterocycles. The van der Waals surface area contributed by atoms with Crippen LogP contribution in [0.5, 0.6) is 0 Å². The molecule has 0 bridgehead atoms. The van der Waals surface area contributed by atoms with Crippen LogP contribution in [0.4, 0.5) is 11.4 Å². The minimum Gasteiger partial charge on any atom is -0.397 e. The number of sulfonamides is 1. The zero-order valence-corrected chi connectivity index (χ0v) is 14.3. The summed E-state index contributed by atoms with van der Waals surface area (Å²) >= 11 is 5.81. The van der Waals surface area contributed by atoms with E-state index in [0.717, 1.165) is 5.56 Å². The SMILES string of the molecule is CC(C)(C)c1ccc(S(=O)(=O)Nc2ccc(Cl)cc2N)cc1. The Balaban J connectivity index is 2.31. The molecule has 0 unspecified atom stereocenters. The van der Waals surface area contributed by atoms with E-state index in [-0.39, 0.29) is 16.0 Å². The van der Waals surface area contributed by atoms with E-state index < -0.39 is 10.0 Å². The van der Waals surface area contributed by atoms with Gasteiger partial charge in [0.1, 0.15) is 0 Å². The van der Waals surface area contributed by atoms with Crippen LogP contribution in [0, 0.1) is 0 Å². The maximum absolute atomic E-state index is 12.4. The Bertz CT molecular complexity index is 779. The molecule has 0 aliphatic carbocycles. The minimum atomic E-state index is -3.68. The zero-order valence-electron chi connectivity index (χ0n) is 12.7. The molecule has 22 heavy (non-hydrogen) atoms. The minimum absolute atomic E-state index is 0.0314. The molecule has 0 heterocycles. The van der Waals surface area contributed by atoms with E-state index in [2.05, 4.69) is 25.5 Å². The first-order chi connectivity index (χ1) is 10.1. The first-order valence-corrected chi connectivity index (χ1v) is 8.64. The third-order valence-electron chi connectivity index (χ3n) is 3.29. The van der Waals surface area contributed by atoms with E-state index in [0.29, 0.717) is 10.7 Å². The van der Waals surface area contributed by atoms with Crippen LogP contribution in [0.3, 0.4) is 0 Å². The van der Waals surface area contributed by atoms with Crippen LogP contribution < -0.4 is 10.5 Å². The van der Waals surface area contributed by atoms with Crippen LogP contribution in [0.1, 0.15) is 26.3 Å². The normalized spacial score (nSPS) is 12.2. The molecule has 0 spiro atoms. The molecule has 0 radical (unpaired) electrons. The highest BCUT2D eigenvalue weighted by atomic mass is 35.5. The van der Waals surface area contributed by atoms with E-state index in [1.165, 1.54) is 6.07 Å². The summed E-state index contributed by atoms with van der Waals surface area (Å²) < 4.78 is 27.3. The summed E-state index contributed by atoms with van der Waals surface area (Å²) in [4.78, 5) is 0.190. The lowest BCUT2D eigenvalue weighted by Crippen LogP contribution is -2.15. The average Bonchev–Trinajstić information content (AvgIpc) is 2.41. The highest BCUT2D eigenvalue weighted by molar-refractivity contribution is 7.92. The van der Waals surface area contributed by atoms with Crippen molar-refractivity contribution in [3.05, 3.63) is 53.1 Å². The molecule has 118 valence electrons. The van der Waals surface area contributed by atoms with E-state index in [9.17, 15) is 8.42 Å². The lowest BCUT2D eigenvalue weighted by molar-refractivity contribution is 0.587. The number of benzene rings is 2. The van der Waals surface area contributed by atoms with Crippen molar-refractivity contribution in [2.24, 2.45) is 0 Å². The summed E-state index contributed by atoms with van der Waals surface area (Å²) in [5, 5.41) is 0.454. The number of anilines is 2. The number of nitrogens with one attached hydrogen (secondary N) is 1. The fourth-order valence-electron chi connectivity index (χ4n) is 1.96. The van der Waals surface area contributed by atoms with Gasteiger partial charge < -0.3 is 5.73 Å². The molecule has 0 saturated heterocycles. The number of hydrogen-bond donors (Lipinski definition) is 2. The Kier molecular flexibility index (Phi) is 4.40. The van der Waals surface area contributed by atoms with Crippen LogP contribution in [0.25, 0.3) is 0 Å². The Morgan fingerprint density at radius 2 is 1.64 bits per heavy atom. The molecule has 0 aliphatic heterocycles. The molecule has 2 aromatic rings. The molecule has 0 aliphatic rings. The summed E-state index contributed by atoms with van der Waals surface area (Å²) in [5.41, 5.74) is 7.40.